The Bertz CT molecular complexity index is 977. The number of hydrogen-bond donors (Lipinski definition) is 0. The van der Waals surface area contributed by atoms with E-state index in [1.54, 1.807) is 18.2 Å². The molecule has 0 aliphatic carbocycles. The number of thioether (sulfide) groups is 1. The van der Waals surface area contributed by atoms with Gasteiger partial charge in [0.2, 0.25) is 0 Å². The van der Waals surface area contributed by atoms with Crippen LogP contribution < -0.4 is 4.74 Å². The molecule has 1 aliphatic heterocycles. The Labute approximate surface area is 192 Å². The molecule has 1 heterocycles. The third kappa shape index (κ3) is 5.85. The molecule has 0 N–H and O–H groups in total. The number of hydrogen-bond acceptors (Lipinski definition) is 6. The van der Waals surface area contributed by atoms with E-state index in [-0.39, 0.29) is 17.8 Å². The minimum atomic E-state index is -0.462. The molecule has 0 aromatic heterocycles. The third-order valence-corrected chi connectivity index (χ3v) is 6.14. The smallest absolute Gasteiger partial charge is 0.343 e. The Kier molecular flexibility index (Phi) is 7.92. The van der Waals surface area contributed by atoms with Gasteiger partial charge in [-0.05, 0) is 76.5 Å². The maximum Gasteiger partial charge on any atom is 0.343 e. The number of halogens is 1. The molecule has 0 saturated carbocycles. The number of nitrogens with zero attached hydrogens (tertiary/aromatic N) is 1. The Balaban J connectivity index is 1.61. The van der Waals surface area contributed by atoms with Gasteiger partial charge in [0.05, 0.1) is 15.6 Å². The molecule has 6 nitrogen and oxygen atoms in total. The molecule has 1 fully saturated rings. The summed E-state index contributed by atoms with van der Waals surface area (Å²) in [5.74, 6) is -0.179. The lowest BCUT2D eigenvalue weighted by Crippen LogP contribution is -2.29. The van der Waals surface area contributed by atoms with E-state index in [9.17, 15) is 14.4 Å². The van der Waals surface area contributed by atoms with Crippen molar-refractivity contribution in [3.63, 3.8) is 0 Å². The van der Waals surface area contributed by atoms with E-state index in [0.717, 1.165) is 33.7 Å². The summed E-state index contributed by atoms with van der Waals surface area (Å²) in [6, 6.07) is 15.3. The summed E-state index contributed by atoms with van der Waals surface area (Å²) in [4.78, 5) is 37.9. The van der Waals surface area contributed by atoms with Crippen LogP contribution in [0, 0.1) is 3.57 Å². The maximum atomic E-state index is 12.7. The first kappa shape index (κ1) is 22.4. The van der Waals surface area contributed by atoms with Crippen molar-refractivity contribution in [1.82, 2.24) is 4.90 Å². The third-order valence-electron chi connectivity index (χ3n) is 4.39. The average Bonchev–Trinajstić information content (AvgIpc) is 3.01. The molecule has 1 saturated heterocycles. The molecule has 2 aromatic rings. The van der Waals surface area contributed by atoms with Crippen LogP contribution in [-0.4, -0.2) is 42.3 Å². The average molecular weight is 537 g/mol. The Hall–Kier alpha value is -2.33. The van der Waals surface area contributed by atoms with E-state index in [1.165, 1.54) is 17.6 Å². The molecule has 0 radical (unpaired) electrons. The van der Waals surface area contributed by atoms with E-state index in [2.05, 4.69) is 27.3 Å². The quantitative estimate of drug-likeness (QED) is 0.280. The number of aryl methyl sites for hydroxylation is 1. The van der Waals surface area contributed by atoms with Gasteiger partial charge in [-0.3, -0.25) is 14.5 Å². The highest BCUT2D eigenvalue weighted by Gasteiger charge is 2.34. The van der Waals surface area contributed by atoms with E-state index in [4.69, 9.17) is 4.74 Å². The Morgan fingerprint density at radius 1 is 1.17 bits per heavy atom. The molecule has 0 spiro atoms. The molecular weight excluding hydrogens is 517 g/mol. The van der Waals surface area contributed by atoms with Crippen LogP contribution in [0.25, 0.3) is 6.08 Å². The Morgan fingerprint density at radius 2 is 1.93 bits per heavy atom. The predicted octanol–water partition coefficient (Wildman–Crippen LogP) is 4.51. The first-order valence-corrected chi connectivity index (χ1v) is 11.2. The summed E-state index contributed by atoms with van der Waals surface area (Å²) in [5, 5.41) is -0.243. The lowest BCUT2D eigenvalue weighted by molar-refractivity contribution is -0.142. The second kappa shape index (κ2) is 10.6. The molecule has 2 amide bonds. The van der Waals surface area contributed by atoms with Gasteiger partial charge in [0, 0.05) is 6.54 Å². The first-order valence-electron chi connectivity index (χ1n) is 9.26. The number of carbonyl (C=O) groups is 3. The standard InChI is InChI=1S/C22H20INO5S/c1-28-20(25)14-29-18-10-9-16(12-17(18)23)13-19-21(26)24(22(27)30-19)11-5-8-15-6-3-2-4-7-15/h2-4,6-7,9-10,12-13H,5,8,11,14H2,1H3/b19-13+. The predicted molar refractivity (Wildman–Crippen MR) is 124 cm³/mol. The van der Waals surface area contributed by atoms with Crippen molar-refractivity contribution in [2.75, 3.05) is 20.3 Å². The van der Waals surface area contributed by atoms with Crippen LogP contribution in [0.3, 0.4) is 0 Å². The molecule has 0 bridgehead atoms. The minimum Gasteiger partial charge on any atom is -0.481 e. The minimum absolute atomic E-state index is 0.173. The summed E-state index contributed by atoms with van der Waals surface area (Å²) in [7, 11) is 1.30. The van der Waals surface area contributed by atoms with Gasteiger partial charge in [0.15, 0.2) is 6.61 Å². The summed E-state index contributed by atoms with van der Waals surface area (Å²) in [6.45, 7) is 0.225. The van der Waals surface area contributed by atoms with Gasteiger partial charge in [0.25, 0.3) is 11.1 Å². The fraction of sp³-hybridized carbons (Fsp3) is 0.227. The van der Waals surface area contributed by atoms with Gasteiger partial charge in [0.1, 0.15) is 5.75 Å². The Morgan fingerprint density at radius 3 is 2.63 bits per heavy atom. The number of carbonyl (C=O) groups excluding carboxylic acids is 3. The highest BCUT2D eigenvalue weighted by atomic mass is 127. The lowest BCUT2D eigenvalue weighted by Gasteiger charge is -2.12. The molecule has 30 heavy (non-hydrogen) atoms. The number of imide groups is 1. The van der Waals surface area contributed by atoms with E-state index < -0.39 is 5.97 Å². The molecule has 8 heteroatoms. The van der Waals surface area contributed by atoms with Crippen LogP contribution >= 0.6 is 34.4 Å². The fourth-order valence-corrected chi connectivity index (χ4v) is 4.41. The molecule has 1 aliphatic rings. The second-order valence-electron chi connectivity index (χ2n) is 6.48. The van der Waals surface area contributed by atoms with Gasteiger partial charge >= 0.3 is 5.97 Å². The van der Waals surface area contributed by atoms with Crippen molar-refractivity contribution >= 4 is 57.5 Å². The van der Waals surface area contributed by atoms with Crippen molar-refractivity contribution < 1.29 is 23.9 Å². The number of benzene rings is 2. The van der Waals surface area contributed by atoms with Crippen molar-refractivity contribution in [3.05, 3.63) is 68.1 Å². The van der Waals surface area contributed by atoms with E-state index >= 15 is 0 Å². The van der Waals surface area contributed by atoms with Crippen molar-refractivity contribution in [2.45, 2.75) is 12.8 Å². The lowest BCUT2D eigenvalue weighted by atomic mass is 10.1. The van der Waals surface area contributed by atoms with E-state index in [1.807, 2.05) is 36.4 Å². The topological polar surface area (TPSA) is 72.9 Å². The fourth-order valence-electron chi connectivity index (χ4n) is 2.85. The highest BCUT2D eigenvalue weighted by Crippen LogP contribution is 2.33. The van der Waals surface area contributed by atoms with Gasteiger partial charge < -0.3 is 9.47 Å². The van der Waals surface area contributed by atoms with Crippen LogP contribution in [-0.2, 0) is 20.7 Å². The van der Waals surface area contributed by atoms with Crippen LogP contribution in [0.1, 0.15) is 17.5 Å². The number of rotatable bonds is 8. The summed E-state index contributed by atoms with van der Waals surface area (Å²) in [6.07, 6.45) is 3.24. The molecule has 0 atom stereocenters. The highest BCUT2D eigenvalue weighted by molar-refractivity contribution is 14.1. The molecule has 2 aromatic carbocycles. The number of ether oxygens (including phenoxy) is 2. The number of esters is 1. The molecule has 3 rings (SSSR count). The zero-order valence-electron chi connectivity index (χ0n) is 16.3. The van der Waals surface area contributed by atoms with Crippen LogP contribution in [0.4, 0.5) is 4.79 Å². The zero-order valence-corrected chi connectivity index (χ0v) is 19.3. The van der Waals surface area contributed by atoms with E-state index in [0.29, 0.717) is 17.2 Å². The second-order valence-corrected chi connectivity index (χ2v) is 8.63. The molecule has 156 valence electrons. The summed E-state index contributed by atoms with van der Waals surface area (Å²) >= 11 is 3.05. The monoisotopic (exact) mass is 537 g/mol. The largest absolute Gasteiger partial charge is 0.481 e. The molecular formula is C22H20INO5S. The van der Waals surface area contributed by atoms with Crippen molar-refractivity contribution in [3.8, 4) is 5.75 Å². The first-order chi connectivity index (χ1) is 14.5. The number of amides is 2. The van der Waals surface area contributed by atoms with Crippen molar-refractivity contribution in [1.29, 1.82) is 0 Å². The number of methoxy groups -OCH3 is 1. The van der Waals surface area contributed by atoms with Gasteiger partial charge in [-0.25, -0.2) is 4.79 Å². The normalized spacial score (nSPS) is 15.0. The summed E-state index contributed by atoms with van der Waals surface area (Å²) in [5.41, 5.74) is 1.96. The zero-order chi connectivity index (χ0) is 21.5. The van der Waals surface area contributed by atoms with Crippen molar-refractivity contribution in [2.24, 2.45) is 0 Å². The molecule has 0 unspecified atom stereocenters. The van der Waals surface area contributed by atoms with Gasteiger partial charge in [-0.2, -0.15) is 0 Å². The van der Waals surface area contributed by atoms with Gasteiger partial charge in [-0.15, -0.1) is 0 Å². The van der Waals surface area contributed by atoms with Crippen LogP contribution in [0.5, 0.6) is 5.75 Å². The van der Waals surface area contributed by atoms with Crippen LogP contribution in [0.2, 0.25) is 0 Å². The summed E-state index contributed by atoms with van der Waals surface area (Å²) < 4.78 is 10.8. The maximum absolute atomic E-state index is 12.7. The van der Waals surface area contributed by atoms with Gasteiger partial charge in [-0.1, -0.05) is 36.4 Å². The SMILES string of the molecule is COC(=O)COc1ccc(/C=C2/SC(=O)N(CCCc3ccccc3)C2=O)cc1I. The van der Waals surface area contributed by atoms with Crippen LogP contribution in [0.15, 0.2) is 53.4 Å².